The minimum atomic E-state index is -1.83. The number of aliphatic hydroxyl groups is 2. The van der Waals surface area contributed by atoms with E-state index in [0.29, 0.717) is 0 Å². The van der Waals surface area contributed by atoms with Crippen LogP contribution in [0.15, 0.2) is 45.6 Å². The highest BCUT2D eigenvalue weighted by molar-refractivity contribution is 5.87. The van der Waals surface area contributed by atoms with Crippen LogP contribution >= 0.6 is 0 Å². The second-order valence-corrected chi connectivity index (χ2v) is 11.3. The minimum Gasteiger partial charge on any atom is -0.459 e. The summed E-state index contributed by atoms with van der Waals surface area (Å²) in [6.45, 7) is 7.86. The molecular weight excluding hydrogens is 500 g/mol. The molecular formula is C27H32O11. The molecule has 3 fully saturated rings. The lowest BCUT2D eigenvalue weighted by molar-refractivity contribution is -0.342. The number of ether oxygens (including phenoxy) is 4. The molecule has 0 aromatic carbocycles. The van der Waals surface area contributed by atoms with E-state index >= 15 is 0 Å². The molecule has 206 valence electrons. The van der Waals surface area contributed by atoms with Crippen molar-refractivity contribution < 1.29 is 52.4 Å². The molecule has 0 unspecified atom stereocenters. The fraction of sp³-hybridized carbons (Fsp3) is 0.593. The summed E-state index contributed by atoms with van der Waals surface area (Å²) in [4.78, 5) is 38.5. The normalized spacial score (nSPS) is 39.2. The summed E-state index contributed by atoms with van der Waals surface area (Å²) in [5.74, 6) is -2.89. The lowest BCUT2D eigenvalue weighted by Gasteiger charge is -2.65. The van der Waals surface area contributed by atoms with Gasteiger partial charge in [0.15, 0.2) is 0 Å². The van der Waals surface area contributed by atoms with E-state index in [2.05, 4.69) is 0 Å². The van der Waals surface area contributed by atoms with Crippen molar-refractivity contribution in [3.05, 3.63) is 48.3 Å². The summed E-state index contributed by atoms with van der Waals surface area (Å²) in [7, 11) is 0. The number of fused-ring (bicyclic) bond motifs is 1. The molecule has 0 amide bonds. The molecule has 3 aliphatic rings. The van der Waals surface area contributed by atoms with Crippen molar-refractivity contribution in [2.75, 3.05) is 0 Å². The van der Waals surface area contributed by atoms with Gasteiger partial charge in [0.05, 0.1) is 35.2 Å². The van der Waals surface area contributed by atoms with Gasteiger partial charge in [-0.15, -0.1) is 0 Å². The van der Waals surface area contributed by atoms with Gasteiger partial charge in [-0.3, -0.25) is 4.79 Å². The Morgan fingerprint density at radius 2 is 1.50 bits per heavy atom. The zero-order chi connectivity index (χ0) is 27.7. The first kappa shape index (κ1) is 26.5. The van der Waals surface area contributed by atoms with Crippen LogP contribution in [0.2, 0.25) is 0 Å². The Morgan fingerprint density at radius 1 is 0.921 bits per heavy atom. The van der Waals surface area contributed by atoms with Crippen molar-refractivity contribution in [1.29, 1.82) is 0 Å². The Kier molecular flexibility index (Phi) is 6.05. The molecule has 1 spiro atoms. The molecule has 38 heavy (non-hydrogen) atoms. The number of hydrogen-bond donors (Lipinski definition) is 2. The number of rotatable bonds is 5. The predicted octanol–water partition coefficient (Wildman–Crippen LogP) is 2.64. The van der Waals surface area contributed by atoms with Gasteiger partial charge in [0, 0.05) is 19.3 Å². The summed E-state index contributed by atoms with van der Waals surface area (Å²) < 4.78 is 34.8. The van der Waals surface area contributed by atoms with Gasteiger partial charge >= 0.3 is 17.9 Å². The van der Waals surface area contributed by atoms with Crippen molar-refractivity contribution >= 4 is 17.9 Å². The highest BCUT2D eigenvalue weighted by Gasteiger charge is 2.84. The zero-order valence-corrected chi connectivity index (χ0v) is 21.8. The number of carbonyl (C=O) groups excluding carboxylic acids is 3. The minimum absolute atomic E-state index is 0.0429. The summed E-state index contributed by atoms with van der Waals surface area (Å²) in [6.07, 6.45) is -2.25. The third kappa shape index (κ3) is 3.63. The molecule has 1 saturated heterocycles. The Morgan fingerprint density at radius 3 is 2.03 bits per heavy atom. The maximum atomic E-state index is 13.1. The smallest absolute Gasteiger partial charge is 0.374 e. The van der Waals surface area contributed by atoms with Gasteiger partial charge in [0.2, 0.25) is 11.5 Å². The van der Waals surface area contributed by atoms with E-state index in [1.807, 2.05) is 0 Å². The standard InChI is InChI=1S/C27H32O11/c1-14(28)35-21-16(29)13-25(4,32)27-20(37-23(31)18-9-7-11-34-18)15(24(2,3)38-27)12-19(26(21,27)5)36-22(30)17-8-6-10-33-17/h6-11,15-16,19-21,29,32H,12-13H2,1-5H3/t15-,16+,19+,20-,21+,25+,26-,27+/m1/s1. The molecule has 2 aromatic heterocycles. The van der Waals surface area contributed by atoms with E-state index < -0.39 is 70.5 Å². The first-order valence-electron chi connectivity index (χ1n) is 12.5. The summed E-state index contributed by atoms with van der Waals surface area (Å²) in [5.41, 5.74) is -6.18. The molecule has 2 aliphatic carbocycles. The van der Waals surface area contributed by atoms with Crippen molar-refractivity contribution in [2.45, 2.75) is 88.7 Å². The lowest BCUT2D eigenvalue weighted by Crippen LogP contribution is -2.81. The highest BCUT2D eigenvalue weighted by atomic mass is 16.6. The van der Waals surface area contributed by atoms with Crippen LogP contribution in [-0.4, -0.2) is 69.3 Å². The second kappa shape index (κ2) is 8.69. The van der Waals surface area contributed by atoms with Crippen LogP contribution in [-0.2, 0) is 23.7 Å². The van der Waals surface area contributed by atoms with Gasteiger partial charge in [0.25, 0.3) is 0 Å². The number of hydrogen-bond acceptors (Lipinski definition) is 11. The molecule has 2 N–H and O–H groups in total. The molecule has 2 aromatic rings. The first-order valence-corrected chi connectivity index (χ1v) is 12.5. The first-order chi connectivity index (χ1) is 17.7. The number of furan rings is 2. The molecule has 2 saturated carbocycles. The van der Waals surface area contributed by atoms with Gasteiger partial charge in [-0.05, 0) is 58.4 Å². The Hall–Kier alpha value is -3.15. The average molecular weight is 533 g/mol. The number of esters is 3. The van der Waals surface area contributed by atoms with Gasteiger partial charge in [0.1, 0.15) is 23.9 Å². The summed E-state index contributed by atoms with van der Waals surface area (Å²) >= 11 is 0. The molecule has 0 radical (unpaired) electrons. The average Bonchev–Trinajstić information content (AvgIpc) is 3.56. The fourth-order valence-corrected chi connectivity index (χ4v) is 7.06. The highest BCUT2D eigenvalue weighted by Crippen LogP contribution is 2.68. The van der Waals surface area contributed by atoms with Gasteiger partial charge in [-0.25, -0.2) is 9.59 Å². The van der Waals surface area contributed by atoms with Crippen molar-refractivity contribution in [3.8, 4) is 0 Å². The third-order valence-corrected chi connectivity index (χ3v) is 8.59. The monoisotopic (exact) mass is 532 g/mol. The maximum absolute atomic E-state index is 13.1. The topological polar surface area (TPSA) is 155 Å². The lowest BCUT2D eigenvalue weighted by atomic mass is 9.47. The van der Waals surface area contributed by atoms with Crippen molar-refractivity contribution in [3.63, 3.8) is 0 Å². The molecule has 2 bridgehead atoms. The Labute approximate surface area is 219 Å². The van der Waals surface area contributed by atoms with E-state index in [0.717, 1.165) is 0 Å². The maximum Gasteiger partial charge on any atom is 0.374 e. The van der Waals surface area contributed by atoms with Gasteiger partial charge < -0.3 is 38.0 Å². The largest absolute Gasteiger partial charge is 0.459 e. The Balaban J connectivity index is 1.68. The van der Waals surface area contributed by atoms with Gasteiger partial charge in [-0.1, -0.05) is 0 Å². The van der Waals surface area contributed by atoms with Crippen LogP contribution in [0.5, 0.6) is 0 Å². The summed E-state index contributed by atoms with van der Waals surface area (Å²) in [6, 6.07) is 5.98. The van der Waals surface area contributed by atoms with Crippen LogP contribution in [0.4, 0.5) is 0 Å². The SMILES string of the molecule is CC(=O)O[C@H]1[C@@H](O)C[C@](C)(O)[C@]23OC(C)(C)[C@H](C[C@H](OC(=O)c4ccco4)[C@]12C)[C@H]3OC(=O)c1ccco1. The van der Waals surface area contributed by atoms with E-state index in [9.17, 15) is 24.6 Å². The predicted molar refractivity (Wildman–Crippen MR) is 127 cm³/mol. The number of carbonyl (C=O) groups is 3. The van der Waals surface area contributed by atoms with Gasteiger partial charge in [-0.2, -0.15) is 0 Å². The third-order valence-electron chi connectivity index (χ3n) is 8.59. The molecule has 8 atom stereocenters. The van der Waals surface area contributed by atoms with Crippen molar-refractivity contribution in [1.82, 2.24) is 0 Å². The Bertz CT molecular complexity index is 1210. The van der Waals surface area contributed by atoms with E-state index in [1.165, 1.54) is 44.6 Å². The molecule has 11 heteroatoms. The van der Waals surface area contributed by atoms with Crippen LogP contribution in [0, 0.1) is 11.3 Å². The van der Waals surface area contributed by atoms with Crippen LogP contribution < -0.4 is 0 Å². The molecule has 5 rings (SSSR count). The summed E-state index contributed by atoms with van der Waals surface area (Å²) in [5, 5.41) is 23.2. The quantitative estimate of drug-likeness (QED) is 0.431. The zero-order valence-electron chi connectivity index (χ0n) is 21.8. The van der Waals surface area contributed by atoms with Crippen LogP contribution in [0.3, 0.4) is 0 Å². The van der Waals surface area contributed by atoms with E-state index in [1.54, 1.807) is 26.8 Å². The van der Waals surface area contributed by atoms with Crippen LogP contribution in [0.25, 0.3) is 0 Å². The van der Waals surface area contributed by atoms with E-state index in [4.69, 9.17) is 27.8 Å². The number of aliphatic hydroxyl groups excluding tert-OH is 1. The molecule has 3 heterocycles. The van der Waals surface area contributed by atoms with E-state index in [-0.39, 0.29) is 24.4 Å². The molecule has 11 nitrogen and oxygen atoms in total. The molecule has 1 aliphatic heterocycles. The fourth-order valence-electron chi connectivity index (χ4n) is 7.06. The van der Waals surface area contributed by atoms with Crippen LogP contribution in [0.1, 0.15) is 68.6 Å². The van der Waals surface area contributed by atoms with Crippen molar-refractivity contribution in [2.24, 2.45) is 11.3 Å². The second-order valence-electron chi connectivity index (χ2n) is 11.3.